The molecule has 0 saturated carbocycles. The third-order valence-corrected chi connectivity index (χ3v) is 6.41. The van der Waals surface area contributed by atoms with Crippen LogP contribution in [0.3, 0.4) is 0 Å². The Morgan fingerprint density at radius 2 is 1.91 bits per heavy atom. The van der Waals surface area contributed by atoms with Gasteiger partial charge in [-0.15, -0.1) is 10.2 Å². The average Bonchev–Trinajstić information content (AvgIpc) is 3.31. The van der Waals surface area contributed by atoms with Crippen LogP contribution in [0, 0.1) is 6.92 Å². The zero-order chi connectivity index (χ0) is 22.5. The number of rotatable bonds is 5. The maximum Gasteiger partial charge on any atom is 0.321 e. The van der Waals surface area contributed by atoms with Gasteiger partial charge in [0.15, 0.2) is 0 Å². The number of nitrogens with one attached hydrogen (secondary N) is 2. The maximum atomic E-state index is 12.8. The predicted octanol–water partition coefficient (Wildman–Crippen LogP) is 4.52. The Labute approximate surface area is 190 Å². The summed E-state index contributed by atoms with van der Waals surface area (Å²) < 4.78 is 5.21. The number of benzene rings is 2. The average molecular weight is 452 g/mol. The second kappa shape index (κ2) is 9.78. The van der Waals surface area contributed by atoms with Gasteiger partial charge in [0, 0.05) is 36.4 Å². The fourth-order valence-corrected chi connectivity index (χ4v) is 4.44. The number of methoxy groups -OCH3 is 1. The first-order valence-electron chi connectivity index (χ1n) is 10.4. The number of aryl methyl sites for hydroxylation is 1. The largest absolute Gasteiger partial charge is 0.497 e. The van der Waals surface area contributed by atoms with Crippen molar-refractivity contribution in [3.8, 4) is 5.75 Å². The molecule has 4 rings (SSSR count). The minimum absolute atomic E-state index is 0.0539. The third-order valence-electron chi connectivity index (χ3n) is 5.32. The lowest BCUT2D eigenvalue weighted by molar-refractivity contribution is 0.102. The number of anilines is 2. The molecule has 1 atom stereocenters. The summed E-state index contributed by atoms with van der Waals surface area (Å²) in [6.45, 7) is 3.20. The number of aromatic nitrogens is 2. The molecule has 1 saturated heterocycles. The molecule has 0 radical (unpaired) electrons. The summed E-state index contributed by atoms with van der Waals surface area (Å²) in [5.41, 5.74) is 2.52. The lowest BCUT2D eigenvalue weighted by atomic mass is 9.99. The van der Waals surface area contributed by atoms with Gasteiger partial charge in [-0.05, 0) is 44.0 Å². The Kier molecular flexibility index (Phi) is 6.65. The fraction of sp³-hybridized carbons (Fsp3) is 0.304. The van der Waals surface area contributed by atoms with Gasteiger partial charge in [-0.2, -0.15) is 0 Å². The van der Waals surface area contributed by atoms with Crippen LogP contribution < -0.4 is 15.4 Å². The van der Waals surface area contributed by atoms with E-state index in [-0.39, 0.29) is 17.9 Å². The molecular weight excluding hydrogens is 426 g/mol. The normalized spacial score (nSPS) is 15.8. The van der Waals surface area contributed by atoms with Gasteiger partial charge in [0.25, 0.3) is 5.91 Å². The fourth-order valence-electron chi connectivity index (χ4n) is 3.58. The van der Waals surface area contributed by atoms with Crippen LogP contribution in [-0.2, 0) is 0 Å². The van der Waals surface area contributed by atoms with E-state index in [0.717, 1.165) is 29.1 Å². The lowest BCUT2D eigenvalue weighted by Crippen LogP contribution is -2.41. The van der Waals surface area contributed by atoms with Crippen LogP contribution in [-0.4, -0.2) is 47.2 Å². The zero-order valence-corrected chi connectivity index (χ0v) is 18.8. The second-order valence-corrected chi connectivity index (χ2v) is 8.72. The summed E-state index contributed by atoms with van der Waals surface area (Å²) in [4.78, 5) is 27.1. The number of likely N-dealkylation sites (tertiary alicyclic amines) is 1. The summed E-state index contributed by atoms with van der Waals surface area (Å²) in [6, 6.07) is 14.7. The van der Waals surface area contributed by atoms with Crippen molar-refractivity contribution in [1.82, 2.24) is 15.1 Å². The van der Waals surface area contributed by atoms with E-state index in [2.05, 4.69) is 20.8 Å². The molecule has 0 spiro atoms. The molecule has 9 heteroatoms. The second-order valence-electron chi connectivity index (χ2n) is 7.71. The first kappa shape index (κ1) is 21.8. The molecule has 2 aromatic carbocycles. The molecule has 3 aromatic rings. The van der Waals surface area contributed by atoms with Crippen molar-refractivity contribution in [2.24, 2.45) is 0 Å². The zero-order valence-electron chi connectivity index (χ0n) is 18.0. The van der Waals surface area contributed by atoms with E-state index >= 15 is 0 Å². The quantitative estimate of drug-likeness (QED) is 0.595. The van der Waals surface area contributed by atoms with Gasteiger partial charge in [-0.1, -0.05) is 35.1 Å². The number of hydrogen-bond acceptors (Lipinski definition) is 6. The monoisotopic (exact) mass is 451 g/mol. The summed E-state index contributed by atoms with van der Waals surface area (Å²) in [7, 11) is 1.59. The van der Waals surface area contributed by atoms with Gasteiger partial charge in [0.05, 0.1) is 7.11 Å². The Morgan fingerprint density at radius 3 is 2.69 bits per heavy atom. The van der Waals surface area contributed by atoms with E-state index in [9.17, 15) is 9.59 Å². The molecule has 1 aliphatic rings. The summed E-state index contributed by atoms with van der Waals surface area (Å²) >= 11 is 1.28. The highest BCUT2D eigenvalue weighted by molar-refractivity contribution is 7.13. The number of carbonyl (C=O) groups is 2. The van der Waals surface area contributed by atoms with Crippen molar-refractivity contribution in [2.45, 2.75) is 25.7 Å². The number of urea groups is 1. The smallest absolute Gasteiger partial charge is 0.321 e. The molecule has 2 heterocycles. The van der Waals surface area contributed by atoms with E-state index in [1.54, 1.807) is 18.1 Å². The molecular formula is C23H25N5O3S. The Morgan fingerprint density at radius 1 is 1.09 bits per heavy atom. The molecule has 1 aliphatic heterocycles. The van der Waals surface area contributed by atoms with Gasteiger partial charge < -0.3 is 20.3 Å². The standard InChI is InChI=1S/C23H25N5O3S/c1-15-8-10-17(11-9-15)24-20(29)22-27-26-21(32-22)16-5-4-12-28(14-16)23(30)25-18-6-3-7-19(13-18)31-2/h3,6-11,13,16H,4-5,12,14H2,1-2H3,(H,24,29)(H,25,30)/t16-/m0/s1. The molecule has 32 heavy (non-hydrogen) atoms. The lowest BCUT2D eigenvalue weighted by Gasteiger charge is -2.31. The van der Waals surface area contributed by atoms with Crippen molar-refractivity contribution < 1.29 is 14.3 Å². The van der Waals surface area contributed by atoms with Crippen LogP contribution in [0.25, 0.3) is 0 Å². The van der Waals surface area contributed by atoms with E-state index in [1.807, 2.05) is 49.4 Å². The molecule has 1 aromatic heterocycles. The van der Waals surface area contributed by atoms with E-state index in [1.165, 1.54) is 11.3 Å². The highest BCUT2D eigenvalue weighted by Crippen LogP contribution is 2.30. The predicted molar refractivity (Wildman–Crippen MR) is 125 cm³/mol. The molecule has 3 amide bonds. The molecule has 2 N–H and O–H groups in total. The van der Waals surface area contributed by atoms with Crippen LogP contribution in [0.4, 0.5) is 16.2 Å². The van der Waals surface area contributed by atoms with Crippen molar-refractivity contribution >= 4 is 34.6 Å². The van der Waals surface area contributed by atoms with E-state index in [4.69, 9.17) is 4.74 Å². The van der Waals surface area contributed by atoms with E-state index in [0.29, 0.717) is 29.5 Å². The Balaban J connectivity index is 1.38. The SMILES string of the molecule is COc1cccc(NC(=O)N2CCC[C@H](c3nnc(C(=O)Nc4ccc(C)cc4)s3)C2)c1. The van der Waals surface area contributed by atoms with Crippen LogP contribution in [0.1, 0.15) is 39.1 Å². The molecule has 166 valence electrons. The first-order chi connectivity index (χ1) is 15.5. The van der Waals surface area contributed by atoms with Crippen LogP contribution in [0.15, 0.2) is 48.5 Å². The number of piperidine rings is 1. The van der Waals surface area contributed by atoms with Gasteiger partial charge >= 0.3 is 6.03 Å². The summed E-state index contributed by atoms with van der Waals surface area (Å²) in [6.07, 6.45) is 1.76. The first-order valence-corrected chi connectivity index (χ1v) is 11.2. The van der Waals surface area contributed by atoms with Gasteiger partial charge in [0.2, 0.25) is 5.01 Å². The maximum absolute atomic E-state index is 12.8. The highest BCUT2D eigenvalue weighted by atomic mass is 32.1. The number of hydrogen-bond donors (Lipinski definition) is 2. The van der Waals surface area contributed by atoms with Crippen LogP contribution >= 0.6 is 11.3 Å². The number of nitrogens with zero attached hydrogens (tertiary/aromatic N) is 3. The number of carbonyl (C=O) groups excluding carboxylic acids is 2. The third kappa shape index (κ3) is 5.23. The number of ether oxygens (including phenoxy) is 1. The van der Waals surface area contributed by atoms with Crippen molar-refractivity contribution in [1.29, 1.82) is 0 Å². The van der Waals surface area contributed by atoms with E-state index < -0.39 is 0 Å². The molecule has 8 nitrogen and oxygen atoms in total. The topological polar surface area (TPSA) is 96.4 Å². The molecule has 0 unspecified atom stereocenters. The molecule has 1 fully saturated rings. The van der Waals surface area contributed by atoms with Crippen LogP contribution in [0.2, 0.25) is 0 Å². The summed E-state index contributed by atoms with van der Waals surface area (Å²) in [5, 5.41) is 15.2. The Hall–Kier alpha value is -3.46. The highest BCUT2D eigenvalue weighted by Gasteiger charge is 2.28. The Bertz CT molecular complexity index is 1100. The van der Waals surface area contributed by atoms with Crippen LogP contribution in [0.5, 0.6) is 5.75 Å². The van der Waals surface area contributed by atoms with Gasteiger partial charge in [-0.25, -0.2) is 4.79 Å². The van der Waals surface area contributed by atoms with Gasteiger partial charge in [-0.3, -0.25) is 4.79 Å². The minimum Gasteiger partial charge on any atom is -0.497 e. The number of amides is 3. The van der Waals surface area contributed by atoms with Gasteiger partial charge in [0.1, 0.15) is 10.8 Å². The van der Waals surface area contributed by atoms with Crippen molar-refractivity contribution in [3.05, 3.63) is 64.1 Å². The summed E-state index contributed by atoms with van der Waals surface area (Å²) in [5.74, 6) is 0.462. The molecule has 0 bridgehead atoms. The molecule has 0 aliphatic carbocycles. The van der Waals surface area contributed by atoms with Crippen molar-refractivity contribution in [3.63, 3.8) is 0 Å². The minimum atomic E-state index is -0.277. The van der Waals surface area contributed by atoms with Crippen molar-refractivity contribution in [2.75, 3.05) is 30.8 Å².